The van der Waals surface area contributed by atoms with E-state index in [0.717, 1.165) is 4.90 Å². The molecule has 0 spiro atoms. The second kappa shape index (κ2) is 3.01. The Bertz CT molecular complexity index is 345. The molecular formula is C9H8F2N2O. The van der Waals surface area contributed by atoms with Gasteiger partial charge in [-0.1, -0.05) is 6.07 Å². The van der Waals surface area contributed by atoms with E-state index in [4.69, 9.17) is 0 Å². The fourth-order valence-electron chi connectivity index (χ4n) is 1.31. The van der Waals surface area contributed by atoms with Crippen LogP contribution in [0.15, 0.2) is 24.4 Å². The summed E-state index contributed by atoms with van der Waals surface area (Å²) in [6, 6.07) is 4.83. The number of halogens is 2. The molecule has 74 valence electrons. The summed E-state index contributed by atoms with van der Waals surface area (Å²) in [5.74, 6) is -3.15. The molecule has 3 nitrogen and oxygen atoms in total. The van der Waals surface area contributed by atoms with E-state index in [1.54, 1.807) is 12.1 Å². The smallest absolute Gasteiger partial charge is 0.282 e. The van der Waals surface area contributed by atoms with Crippen molar-refractivity contribution in [3.63, 3.8) is 0 Å². The molecule has 5 heteroatoms. The van der Waals surface area contributed by atoms with E-state index in [-0.39, 0.29) is 5.69 Å². The van der Waals surface area contributed by atoms with Crippen LogP contribution in [0.4, 0.5) is 8.78 Å². The second-order valence-electron chi connectivity index (χ2n) is 3.23. The minimum absolute atomic E-state index is 0.211. The van der Waals surface area contributed by atoms with E-state index >= 15 is 0 Å². The summed E-state index contributed by atoms with van der Waals surface area (Å²) in [5, 5.41) is 0. The van der Waals surface area contributed by atoms with Gasteiger partial charge < -0.3 is 4.90 Å². The topological polar surface area (TPSA) is 33.2 Å². The van der Waals surface area contributed by atoms with Gasteiger partial charge in [0.1, 0.15) is 5.69 Å². The summed E-state index contributed by atoms with van der Waals surface area (Å²) in [5.41, 5.74) is 0.211. The van der Waals surface area contributed by atoms with Gasteiger partial charge in [-0.3, -0.25) is 9.78 Å². The second-order valence-corrected chi connectivity index (χ2v) is 3.23. The van der Waals surface area contributed by atoms with Gasteiger partial charge in [-0.15, -0.1) is 0 Å². The van der Waals surface area contributed by atoms with Crippen molar-refractivity contribution >= 4 is 5.91 Å². The third kappa shape index (κ3) is 1.57. The number of alkyl halides is 2. The third-order valence-electron chi connectivity index (χ3n) is 2.02. The molecule has 0 atom stereocenters. The Kier molecular flexibility index (Phi) is 1.94. The van der Waals surface area contributed by atoms with Gasteiger partial charge in [0, 0.05) is 6.20 Å². The highest BCUT2D eigenvalue weighted by Gasteiger charge is 2.46. The van der Waals surface area contributed by atoms with Crippen molar-refractivity contribution in [2.45, 2.75) is 5.92 Å². The van der Waals surface area contributed by atoms with E-state index in [2.05, 4.69) is 4.98 Å². The molecule has 0 bridgehead atoms. The van der Waals surface area contributed by atoms with Gasteiger partial charge in [-0.05, 0) is 12.1 Å². The lowest BCUT2D eigenvalue weighted by Gasteiger charge is -2.38. The number of pyridine rings is 1. The first-order valence-electron chi connectivity index (χ1n) is 4.17. The average Bonchev–Trinajstić information content (AvgIpc) is 2.14. The molecule has 0 unspecified atom stereocenters. The van der Waals surface area contributed by atoms with Crippen molar-refractivity contribution in [1.82, 2.24) is 9.88 Å². The molecule has 1 saturated heterocycles. The lowest BCUT2D eigenvalue weighted by atomic mass is 10.1. The number of nitrogens with zero attached hydrogens (tertiary/aromatic N) is 2. The maximum absolute atomic E-state index is 12.5. The van der Waals surface area contributed by atoms with Gasteiger partial charge in [0.15, 0.2) is 0 Å². The quantitative estimate of drug-likeness (QED) is 0.678. The summed E-state index contributed by atoms with van der Waals surface area (Å²) >= 11 is 0. The molecule has 1 aromatic rings. The highest BCUT2D eigenvalue weighted by atomic mass is 19.3. The number of rotatable bonds is 1. The molecule has 1 fully saturated rings. The van der Waals surface area contributed by atoms with Crippen LogP contribution in [-0.2, 0) is 0 Å². The first-order valence-corrected chi connectivity index (χ1v) is 4.17. The zero-order valence-electron chi connectivity index (χ0n) is 7.28. The molecule has 1 aromatic heterocycles. The molecule has 0 saturated carbocycles. The lowest BCUT2D eigenvalue weighted by Crippen LogP contribution is -2.58. The van der Waals surface area contributed by atoms with Crippen molar-refractivity contribution in [3.05, 3.63) is 30.1 Å². The first kappa shape index (κ1) is 9.05. The monoisotopic (exact) mass is 198 g/mol. The van der Waals surface area contributed by atoms with Crippen molar-refractivity contribution in [1.29, 1.82) is 0 Å². The van der Waals surface area contributed by atoms with Crippen molar-refractivity contribution in [2.75, 3.05) is 13.1 Å². The summed E-state index contributed by atoms with van der Waals surface area (Å²) < 4.78 is 24.9. The third-order valence-corrected chi connectivity index (χ3v) is 2.02. The molecule has 1 aliphatic rings. The Morgan fingerprint density at radius 1 is 1.43 bits per heavy atom. The van der Waals surface area contributed by atoms with Gasteiger partial charge in [0.25, 0.3) is 11.8 Å². The van der Waals surface area contributed by atoms with Crippen LogP contribution in [0, 0.1) is 0 Å². The average molecular weight is 198 g/mol. The van der Waals surface area contributed by atoms with Crippen molar-refractivity contribution in [2.24, 2.45) is 0 Å². The van der Waals surface area contributed by atoms with Crippen LogP contribution >= 0.6 is 0 Å². The number of hydrogen-bond donors (Lipinski definition) is 0. The van der Waals surface area contributed by atoms with E-state index in [1.807, 2.05) is 0 Å². The molecule has 0 N–H and O–H groups in total. The van der Waals surface area contributed by atoms with Crippen LogP contribution in [0.2, 0.25) is 0 Å². The van der Waals surface area contributed by atoms with Crippen LogP contribution in [0.1, 0.15) is 10.5 Å². The van der Waals surface area contributed by atoms with Crippen LogP contribution in [0.25, 0.3) is 0 Å². The number of hydrogen-bond acceptors (Lipinski definition) is 2. The maximum atomic E-state index is 12.5. The number of likely N-dealkylation sites (tertiary alicyclic amines) is 1. The summed E-state index contributed by atoms with van der Waals surface area (Å²) in [6.07, 6.45) is 1.46. The molecular weight excluding hydrogens is 190 g/mol. The molecule has 0 aromatic carbocycles. The zero-order chi connectivity index (χ0) is 10.2. The van der Waals surface area contributed by atoms with E-state index in [1.165, 1.54) is 12.3 Å². The zero-order valence-corrected chi connectivity index (χ0v) is 7.28. The summed E-state index contributed by atoms with van der Waals surface area (Å²) in [7, 11) is 0. The molecule has 2 heterocycles. The Morgan fingerprint density at radius 2 is 2.14 bits per heavy atom. The predicted molar refractivity (Wildman–Crippen MR) is 45.1 cm³/mol. The SMILES string of the molecule is O=C(c1ccccn1)N1CC(F)(F)C1. The van der Waals surface area contributed by atoms with Gasteiger partial charge >= 0.3 is 0 Å². The molecule has 14 heavy (non-hydrogen) atoms. The van der Waals surface area contributed by atoms with Crippen LogP contribution in [0.5, 0.6) is 0 Å². The van der Waals surface area contributed by atoms with Crippen LogP contribution in [0.3, 0.4) is 0 Å². The van der Waals surface area contributed by atoms with Crippen LogP contribution in [-0.4, -0.2) is 34.8 Å². The Morgan fingerprint density at radius 3 is 2.64 bits per heavy atom. The Balaban J connectivity index is 2.05. The van der Waals surface area contributed by atoms with E-state index < -0.39 is 24.9 Å². The van der Waals surface area contributed by atoms with Gasteiger partial charge in [-0.2, -0.15) is 0 Å². The summed E-state index contributed by atoms with van der Waals surface area (Å²) in [6.45, 7) is -0.995. The highest BCUT2D eigenvalue weighted by Crippen LogP contribution is 2.27. The van der Waals surface area contributed by atoms with Gasteiger partial charge in [-0.25, -0.2) is 8.78 Å². The predicted octanol–water partition coefficient (Wildman–Crippen LogP) is 1.17. The number of amides is 1. The van der Waals surface area contributed by atoms with Crippen LogP contribution < -0.4 is 0 Å². The van der Waals surface area contributed by atoms with Gasteiger partial charge in [0.2, 0.25) is 0 Å². The fourth-order valence-corrected chi connectivity index (χ4v) is 1.31. The van der Waals surface area contributed by atoms with Crippen molar-refractivity contribution in [3.8, 4) is 0 Å². The number of carbonyl (C=O) groups excluding carboxylic acids is 1. The fraction of sp³-hybridized carbons (Fsp3) is 0.333. The normalized spacial score (nSPS) is 18.9. The highest BCUT2D eigenvalue weighted by molar-refractivity contribution is 5.92. The van der Waals surface area contributed by atoms with E-state index in [0.29, 0.717) is 0 Å². The summed E-state index contributed by atoms with van der Waals surface area (Å²) in [4.78, 5) is 16.3. The standard InChI is InChI=1S/C9H8F2N2O/c10-9(11)5-13(6-9)8(14)7-3-1-2-4-12-7/h1-4H,5-6H2. The number of aromatic nitrogens is 1. The molecule has 1 amide bonds. The molecule has 1 aliphatic heterocycles. The number of carbonyl (C=O) groups is 1. The minimum Gasteiger partial charge on any atom is -0.325 e. The molecule has 2 rings (SSSR count). The molecule has 0 aliphatic carbocycles. The lowest BCUT2D eigenvalue weighted by molar-refractivity contribution is -0.113. The Labute approximate surface area is 79.4 Å². The van der Waals surface area contributed by atoms with Gasteiger partial charge in [0.05, 0.1) is 13.1 Å². The minimum atomic E-state index is -2.72. The van der Waals surface area contributed by atoms with Crippen molar-refractivity contribution < 1.29 is 13.6 Å². The molecule has 0 radical (unpaired) electrons. The Hall–Kier alpha value is -1.52. The maximum Gasteiger partial charge on any atom is 0.282 e. The largest absolute Gasteiger partial charge is 0.325 e. The first-order chi connectivity index (χ1) is 6.58. The van der Waals surface area contributed by atoms with E-state index in [9.17, 15) is 13.6 Å².